The Balaban J connectivity index is 1.60. The molecule has 0 fully saturated rings. The van der Waals surface area contributed by atoms with Crippen molar-refractivity contribution in [1.29, 1.82) is 0 Å². The van der Waals surface area contributed by atoms with Crippen molar-refractivity contribution in [3.63, 3.8) is 0 Å². The van der Waals surface area contributed by atoms with Crippen LogP contribution in [0.15, 0.2) is 76.5 Å². The van der Waals surface area contributed by atoms with Crippen LogP contribution >= 0.6 is 11.8 Å². The predicted molar refractivity (Wildman–Crippen MR) is 121 cm³/mol. The molecule has 2 aromatic heterocycles. The van der Waals surface area contributed by atoms with Gasteiger partial charge in [-0.25, -0.2) is 0 Å². The molecule has 0 bridgehead atoms. The zero-order valence-corrected chi connectivity index (χ0v) is 18.1. The molecule has 2 aromatic carbocycles. The van der Waals surface area contributed by atoms with Gasteiger partial charge in [0.15, 0.2) is 10.9 Å². The minimum absolute atomic E-state index is 0.0851. The van der Waals surface area contributed by atoms with Crippen molar-refractivity contribution in [2.24, 2.45) is 0 Å². The summed E-state index contributed by atoms with van der Waals surface area (Å²) in [7, 11) is 0. The molecule has 1 amide bonds. The Labute approximate surface area is 187 Å². The zero-order valence-electron chi connectivity index (χ0n) is 17.3. The normalized spacial score (nSPS) is 11.8. The number of nitrogens with zero attached hydrogens (tertiary/aromatic N) is 4. The molecule has 9 nitrogen and oxygen atoms in total. The zero-order chi connectivity index (χ0) is 22.7. The van der Waals surface area contributed by atoms with Crippen molar-refractivity contribution in [1.82, 2.24) is 14.8 Å². The lowest BCUT2D eigenvalue weighted by atomic mass is 10.2. The molecule has 0 saturated heterocycles. The van der Waals surface area contributed by atoms with Crippen molar-refractivity contribution in [2.45, 2.75) is 24.3 Å². The molecule has 1 N–H and O–H groups in total. The molecule has 0 saturated carbocycles. The van der Waals surface area contributed by atoms with Crippen LogP contribution < -0.4 is 5.32 Å². The van der Waals surface area contributed by atoms with Crippen molar-refractivity contribution in [3.05, 3.63) is 82.6 Å². The summed E-state index contributed by atoms with van der Waals surface area (Å²) in [5, 5.41) is 22.4. The molecular weight excluding hydrogens is 430 g/mol. The number of furan rings is 1. The molecule has 0 aliphatic heterocycles. The summed E-state index contributed by atoms with van der Waals surface area (Å²) in [6.07, 6.45) is 1.56. The summed E-state index contributed by atoms with van der Waals surface area (Å²) in [5.41, 5.74) is 1.87. The number of non-ortho nitro benzene ring substituents is 1. The van der Waals surface area contributed by atoms with E-state index in [9.17, 15) is 14.9 Å². The quantitative estimate of drug-likeness (QED) is 0.243. The highest BCUT2D eigenvalue weighted by Crippen LogP contribution is 2.31. The minimum Gasteiger partial charge on any atom is -0.461 e. The number of carbonyl (C=O) groups is 1. The number of nitrogens with one attached hydrogen (secondary N) is 1. The van der Waals surface area contributed by atoms with E-state index in [4.69, 9.17) is 4.42 Å². The van der Waals surface area contributed by atoms with Gasteiger partial charge < -0.3 is 9.73 Å². The Bertz CT molecular complexity index is 1250. The van der Waals surface area contributed by atoms with Gasteiger partial charge in [0.25, 0.3) is 5.69 Å². The second-order valence-electron chi connectivity index (χ2n) is 6.96. The molecule has 0 unspecified atom stereocenters. The van der Waals surface area contributed by atoms with Crippen LogP contribution in [0.4, 0.5) is 11.4 Å². The van der Waals surface area contributed by atoms with E-state index < -0.39 is 10.2 Å². The number of anilines is 1. The number of nitro groups is 1. The van der Waals surface area contributed by atoms with Crippen molar-refractivity contribution >= 4 is 29.0 Å². The van der Waals surface area contributed by atoms with Crippen molar-refractivity contribution in [2.75, 3.05) is 5.32 Å². The predicted octanol–water partition coefficient (Wildman–Crippen LogP) is 4.86. The Morgan fingerprint density at radius 3 is 2.62 bits per heavy atom. The van der Waals surface area contributed by atoms with Crippen LogP contribution in [0.1, 0.15) is 12.5 Å². The molecule has 10 heteroatoms. The van der Waals surface area contributed by atoms with Crippen LogP contribution in [0.5, 0.6) is 0 Å². The number of hydrogen-bond acceptors (Lipinski definition) is 7. The monoisotopic (exact) mass is 449 g/mol. The van der Waals surface area contributed by atoms with Gasteiger partial charge in [-0.15, -0.1) is 10.2 Å². The average molecular weight is 449 g/mol. The first-order valence-electron chi connectivity index (χ1n) is 9.71. The van der Waals surface area contributed by atoms with Gasteiger partial charge in [0.05, 0.1) is 22.1 Å². The van der Waals surface area contributed by atoms with Gasteiger partial charge in [-0.3, -0.25) is 19.5 Å². The van der Waals surface area contributed by atoms with Crippen LogP contribution in [0, 0.1) is 17.0 Å². The highest BCUT2D eigenvalue weighted by Gasteiger charge is 2.23. The summed E-state index contributed by atoms with van der Waals surface area (Å²) in [6.45, 7) is 3.52. The number of benzene rings is 2. The van der Waals surface area contributed by atoms with Crippen LogP contribution in [-0.2, 0) is 4.79 Å². The maximum atomic E-state index is 12.9. The van der Waals surface area contributed by atoms with Gasteiger partial charge in [0.1, 0.15) is 0 Å². The first kappa shape index (κ1) is 21.3. The van der Waals surface area contributed by atoms with Gasteiger partial charge in [-0.2, -0.15) is 0 Å². The second-order valence-corrected chi connectivity index (χ2v) is 8.27. The van der Waals surface area contributed by atoms with Crippen LogP contribution in [0.2, 0.25) is 0 Å². The Morgan fingerprint density at radius 2 is 1.94 bits per heavy atom. The standard InChI is InChI=1S/C22H19N5O4S/c1-14-10-11-17(27(29)30)13-18(14)23-21(28)15(2)32-22-25-24-20(19-9-6-12-31-19)26(22)16-7-4-3-5-8-16/h3-13,15H,1-2H3,(H,23,28)/t15-/m1/s1. The molecule has 0 spiro atoms. The van der Waals surface area contributed by atoms with Crippen molar-refractivity contribution < 1.29 is 14.1 Å². The summed E-state index contributed by atoms with van der Waals surface area (Å²) in [6, 6.07) is 17.5. The molecule has 0 radical (unpaired) electrons. The van der Waals surface area contributed by atoms with Gasteiger partial charge >= 0.3 is 0 Å². The van der Waals surface area contributed by atoms with E-state index in [1.807, 2.05) is 34.9 Å². The van der Waals surface area contributed by atoms with Crippen LogP contribution in [-0.4, -0.2) is 30.8 Å². The molecule has 4 aromatic rings. The van der Waals surface area contributed by atoms with E-state index >= 15 is 0 Å². The lowest BCUT2D eigenvalue weighted by Gasteiger charge is -2.14. The maximum Gasteiger partial charge on any atom is 0.271 e. The molecule has 0 aliphatic carbocycles. The van der Waals surface area contributed by atoms with Gasteiger partial charge in [-0.05, 0) is 43.7 Å². The Hall–Kier alpha value is -3.92. The number of hydrogen-bond donors (Lipinski definition) is 1. The second kappa shape index (κ2) is 9.06. The lowest BCUT2D eigenvalue weighted by molar-refractivity contribution is -0.384. The third kappa shape index (κ3) is 4.40. The molecule has 0 aliphatic rings. The number of aryl methyl sites for hydroxylation is 1. The van der Waals surface area contributed by atoms with Crippen molar-refractivity contribution in [3.8, 4) is 17.3 Å². The maximum absolute atomic E-state index is 12.9. The lowest BCUT2D eigenvalue weighted by Crippen LogP contribution is -2.23. The number of nitro benzene ring substituents is 1. The fourth-order valence-electron chi connectivity index (χ4n) is 3.03. The van der Waals surface area contributed by atoms with E-state index in [2.05, 4.69) is 15.5 Å². The first-order valence-corrected chi connectivity index (χ1v) is 10.6. The van der Waals surface area contributed by atoms with E-state index in [-0.39, 0.29) is 11.6 Å². The number of rotatable bonds is 7. The SMILES string of the molecule is Cc1ccc([N+](=O)[O-])cc1NC(=O)[C@@H](C)Sc1nnc(-c2ccco2)n1-c1ccccc1. The highest BCUT2D eigenvalue weighted by atomic mass is 32.2. The molecule has 162 valence electrons. The van der Waals surface area contributed by atoms with Crippen LogP contribution in [0.3, 0.4) is 0 Å². The topological polar surface area (TPSA) is 116 Å². The number of thioether (sulfide) groups is 1. The smallest absolute Gasteiger partial charge is 0.271 e. The summed E-state index contributed by atoms with van der Waals surface area (Å²) in [4.78, 5) is 23.4. The molecule has 2 heterocycles. The first-order chi connectivity index (χ1) is 15.4. The molecular formula is C22H19N5O4S. The number of amides is 1. The Kier molecular flexibility index (Phi) is 6.04. The van der Waals surface area contributed by atoms with Gasteiger partial charge in [-0.1, -0.05) is 36.0 Å². The average Bonchev–Trinajstić information content (AvgIpc) is 3.45. The summed E-state index contributed by atoms with van der Waals surface area (Å²) < 4.78 is 7.33. The molecule has 1 atom stereocenters. The Morgan fingerprint density at radius 1 is 1.16 bits per heavy atom. The van der Waals surface area contributed by atoms with E-state index in [1.54, 1.807) is 38.3 Å². The number of aromatic nitrogens is 3. The summed E-state index contributed by atoms with van der Waals surface area (Å²) in [5.74, 6) is 0.768. The van der Waals surface area contributed by atoms with E-state index in [0.29, 0.717) is 22.4 Å². The third-order valence-corrected chi connectivity index (χ3v) is 5.77. The highest BCUT2D eigenvalue weighted by molar-refractivity contribution is 8.00. The van der Waals surface area contributed by atoms with E-state index in [0.717, 1.165) is 11.3 Å². The van der Waals surface area contributed by atoms with Gasteiger partial charge in [0.2, 0.25) is 11.7 Å². The van der Waals surface area contributed by atoms with Gasteiger partial charge in [0, 0.05) is 17.8 Å². The molecule has 4 rings (SSSR count). The van der Waals surface area contributed by atoms with Crippen LogP contribution in [0.25, 0.3) is 17.3 Å². The third-order valence-electron chi connectivity index (χ3n) is 4.73. The number of carbonyl (C=O) groups excluding carboxylic acids is 1. The fraction of sp³-hybridized carbons (Fsp3) is 0.136. The summed E-state index contributed by atoms with van der Waals surface area (Å²) >= 11 is 1.23. The largest absolute Gasteiger partial charge is 0.461 e. The fourth-order valence-corrected chi connectivity index (χ4v) is 3.89. The minimum atomic E-state index is -0.551. The number of para-hydroxylation sites is 1. The molecule has 32 heavy (non-hydrogen) atoms. The van der Waals surface area contributed by atoms with E-state index in [1.165, 1.54) is 23.9 Å².